The Morgan fingerprint density at radius 1 is 1.47 bits per heavy atom. The molecule has 0 aliphatic rings. The number of ether oxygens (including phenoxy) is 1. The van der Waals surface area contributed by atoms with Crippen LogP contribution in [0.5, 0.6) is 0 Å². The number of nitrogens with zero attached hydrogens (tertiary/aromatic N) is 2. The Bertz CT molecular complexity index is 637. The number of aromatic nitrogens is 2. The lowest BCUT2D eigenvalue weighted by Gasteiger charge is -2.07. The predicted octanol–water partition coefficient (Wildman–Crippen LogP) is 3.13. The van der Waals surface area contributed by atoms with Crippen LogP contribution in [0.15, 0.2) is 18.5 Å². The molecule has 0 fully saturated rings. The van der Waals surface area contributed by atoms with Crippen LogP contribution in [0.3, 0.4) is 0 Å². The Balaban J connectivity index is 2.54. The van der Waals surface area contributed by atoms with Crippen molar-refractivity contribution in [2.45, 2.75) is 13.1 Å². The Kier molecular flexibility index (Phi) is 3.70. The third-order valence-corrected chi connectivity index (χ3v) is 3.11. The molecule has 102 valence electrons. The van der Waals surface area contributed by atoms with E-state index in [1.807, 2.05) is 0 Å². The van der Waals surface area contributed by atoms with Gasteiger partial charge in [-0.05, 0) is 35.6 Å². The van der Waals surface area contributed by atoms with E-state index in [9.17, 15) is 18.0 Å². The largest absolute Gasteiger partial charge is 0.461 e. The van der Waals surface area contributed by atoms with E-state index in [2.05, 4.69) is 4.98 Å². The highest BCUT2D eigenvalue weighted by atomic mass is 127. The molecule has 0 saturated carbocycles. The molecule has 0 radical (unpaired) electrons. The van der Waals surface area contributed by atoms with Gasteiger partial charge in [0, 0.05) is 12.4 Å². The molecule has 0 aliphatic heterocycles. The van der Waals surface area contributed by atoms with Crippen LogP contribution in [-0.4, -0.2) is 22.0 Å². The zero-order valence-electron chi connectivity index (χ0n) is 9.66. The molecule has 0 aromatic carbocycles. The minimum atomic E-state index is -4.44. The fourth-order valence-electron chi connectivity index (χ4n) is 1.52. The zero-order valence-corrected chi connectivity index (χ0v) is 11.8. The molecule has 0 atom stereocenters. The van der Waals surface area contributed by atoms with Crippen molar-refractivity contribution >= 4 is 34.2 Å². The summed E-state index contributed by atoms with van der Waals surface area (Å²) in [6, 6.07) is 0.984. The van der Waals surface area contributed by atoms with E-state index in [1.54, 1.807) is 29.5 Å². The van der Waals surface area contributed by atoms with Crippen molar-refractivity contribution in [1.29, 1.82) is 0 Å². The van der Waals surface area contributed by atoms with Crippen molar-refractivity contribution in [1.82, 2.24) is 9.38 Å². The molecule has 0 aliphatic carbocycles. The van der Waals surface area contributed by atoms with Crippen molar-refractivity contribution in [3.8, 4) is 0 Å². The fraction of sp³-hybridized carbons (Fsp3) is 0.273. The maximum Gasteiger partial charge on any atom is 0.417 e. The fourth-order valence-corrected chi connectivity index (χ4v) is 2.25. The number of pyridine rings is 1. The number of carbonyl (C=O) groups excluding carboxylic acids is 1. The minimum Gasteiger partial charge on any atom is -0.461 e. The second kappa shape index (κ2) is 4.99. The smallest absolute Gasteiger partial charge is 0.417 e. The number of fused-ring (bicyclic) bond motifs is 1. The maximum absolute atomic E-state index is 12.7. The van der Waals surface area contributed by atoms with Gasteiger partial charge in [0.1, 0.15) is 0 Å². The molecule has 0 unspecified atom stereocenters. The number of carbonyl (C=O) groups is 1. The Morgan fingerprint density at radius 2 is 2.16 bits per heavy atom. The summed E-state index contributed by atoms with van der Waals surface area (Å²) in [5.74, 6) is -0.657. The molecule has 2 heterocycles. The van der Waals surface area contributed by atoms with Crippen molar-refractivity contribution in [2.24, 2.45) is 0 Å². The Hall–Kier alpha value is -1.32. The topological polar surface area (TPSA) is 43.6 Å². The average molecular weight is 384 g/mol. The van der Waals surface area contributed by atoms with Gasteiger partial charge in [-0.1, -0.05) is 0 Å². The van der Waals surface area contributed by atoms with E-state index in [0.717, 1.165) is 12.3 Å². The average Bonchev–Trinajstić information content (AvgIpc) is 2.72. The van der Waals surface area contributed by atoms with Crippen LogP contribution in [0, 0.1) is 3.57 Å². The van der Waals surface area contributed by atoms with E-state index < -0.39 is 17.7 Å². The third-order valence-electron chi connectivity index (χ3n) is 2.32. The molecule has 0 N–H and O–H groups in total. The van der Waals surface area contributed by atoms with Crippen molar-refractivity contribution < 1.29 is 22.7 Å². The van der Waals surface area contributed by atoms with Crippen molar-refractivity contribution in [3.05, 3.63) is 33.3 Å². The number of hydrogen-bond acceptors (Lipinski definition) is 3. The van der Waals surface area contributed by atoms with Gasteiger partial charge in [0.05, 0.1) is 15.7 Å². The summed E-state index contributed by atoms with van der Waals surface area (Å²) in [5, 5.41) is 0. The van der Waals surface area contributed by atoms with Gasteiger partial charge in [-0.25, -0.2) is 9.78 Å². The summed E-state index contributed by atoms with van der Waals surface area (Å²) in [6.07, 6.45) is -2.32. The van der Waals surface area contributed by atoms with Crippen LogP contribution in [0.1, 0.15) is 23.0 Å². The summed E-state index contributed by atoms with van der Waals surface area (Å²) in [7, 11) is 0. The molecule has 2 rings (SSSR count). The Morgan fingerprint density at radius 3 is 2.74 bits per heavy atom. The molecular formula is C11H8F3IN2O2. The highest BCUT2D eigenvalue weighted by Crippen LogP contribution is 2.31. The van der Waals surface area contributed by atoms with E-state index in [1.165, 1.54) is 10.6 Å². The van der Waals surface area contributed by atoms with Crippen LogP contribution in [0.25, 0.3) is 5.65 Å². The van der Waals surface area contributed by atoms with Gasteiger partial charge >= 0.3 is 12.1 Å². The molecule has 19 heavy (non-hydrogen) atoms. The maximum atomic E-state index is 12.7. The first kappa shape index (κ1) is 14.1. The first-order valence-electron chi connectivity index (χ1n) is 5.25. The number of esters is 1. The standard InChI is InChI=1S/C11H8F3IN2O2/c1-2-19-10(18)8-5-17-4-6(11(12,13)14)3-7(15)9(17)16-8/h3-5H,2H2,1H3. The lowest BCUT2D eigenvalue weighted by molar-refractivity contribution is -0.137. The van der Waals surface area contributed by atoms with Crippen LogP contribution in [-0.2, 0) is 10.9 Å². The normalized spacial score (nSPS) is 11.8. The summed E-state index contributed by atoms with van der Waals surface area (Å²) in [6.45, 7) is 1.82. The highest BCUT2D eigenvalue weighted by Gasteiger charge is 2.32. The SMILES string of the molecule is CCOC(=O)c1cn2cc(C(F)(F)F)cc(I)c2n1. The van der Waals surface area contributed by atoms with Crippen molar-refractivity contribution in [2.75, 3.05) is 6.61 Å². The summed E-state index contributed by atoms with van der Waals surface area (Å²) in [5.41, 5.74) is -0.520. The van der Waals surface area contributed by atoms with Crippen LogP contribution in [0.2, 0.25) is 0 Å². The number of halogens is 4. The summed E-state index contributed by atoms with van der Waals surface area (Å²) >= 11 is 1.75. The van der Waals surface area contributed by atoms with Crippen LogP contribution >= 0.6 is 22.6 Å². The van der Waals surface area contributed by atoms with E-state index in [4.69, 9.17) is 4.74 Å². The molecule has 0 bridgehead atoms. The van der Waals surface area contributed by atoms with Crippen LogP contribution in [0.4, 0.5) is 13.2 Å². The third kappa shape index (κ3) is 2.82. The lowest BCUT2D eigenvalue weighted by Crippen LogP contribution is -2.07. The van der Waals surface area contributed by atoms with Gasteiger partial charge in [-0.15, -0.1) is 0 Å². The minimum absolute atomic E-state index is 0.0147. The van der Waals surface area contributed by atoms with E-state index in [-0.39, 0.29) is 17.9 Å². The number of hydrogen-bond donors (Lipinski definition) is 0. The summed E-state index contributed by atoms with van der Waals surface area (Å²) < 4.78 is 44.2. The first-order valence-corrected chi connectivity index (χ1v) is 6.33. The quantitative estimate of drug-likeness (QED) is 0.591. The molecular weight excluding hydrogens is 376 g/mol. The van der Waals surface area contributed by atoms with E-state index in [0.29, 0.717) is 3.57 Å². The van der Waals surface area contributed by atoms with E-state index >= 15 is 0 Å². The van der Waals surface area contributed by atoms with Gasteiger partial charge in [0.25, 0.3) is 0 Å². The molecule has 8 heteroatoms. The first-order chi connectivity index (χ1) is 8.82. The number of rotatable bonds is 2. The zero-order chi connectivity index (χ0) is 14.2. The number of alkyl halides is 3. The molecule has 4 nitrogen and oxygen atoms in total. The monoisotopic (exact) mass is 384 g/mol. The van der Waals surface area contributed by atoms with Gasteiger partial charge in [-0.3, -0.25) is 0 Å². The molecule has 0 spiro atoms. The highest BCUT2D eigenvalue weighted by molar-refractivity contribution is 14.1. The second-order valence-electron chi connectivity index (χ2n) is 3.65. The van der Waals surface area contributed by atoms with Gasteiger partial charge < -0.3 is 9.14 Å². The van der Waals surface area contributed by atoms with Gasteiger partial charge in [0.15, 0.2) is 11.3 Å². The molecule has 0 amide bonds. The molecule has 2 aromatic heterocycles. The van der Waals surface area contributed by atoms with Gasteiger partial charge in [0.2, 0.25) is 0 Å². The molecule has 0 saturated heterocycles. The van der Waals surface area contributed by atoms with Crippen molar-refractivity contribution in [3.63, 3.8) is 0 Å². The van der Waals surface area contributed by atoms with Crippen LogP contribution < -0.4 is 0 Å². The Labute approximate surface area is 119 Å². The predicted molar refractivity (Wildman–Crippen MR) is 68.9 cm³/mol. The number of imidazole rings is 1. The molecule has 2 aromatic rings. The summed E-state index contributed by atoms with van der Waals surface area (Å²) in [4.78, 5) is 15.5. The van der Waals surface area contributed by atoms with Gasteiger partial charge in [-0.2, -0.15) is 13.2 Å². The second-order valence-corrected chi connectivity index (χ2v) is 4.81. The lowest BCUT2D eigenvalue weighted by atomic mass is 10.3.